The molecule has 0 atom stereocenters. The Kier molecular flexibility index (Phi) is 46.5. The first kappa shape index (κ1) is 58.6. The summed E-state index contributed by atoms with van der Waals surface area (Å²) in [6.07, 6.45) is 10.5. The molecule has 4 aliphatic heterocycles. The Labute approximate surface area is 338 Å². The van der Waals surface area contributed by atoms with Crippen molar-refractivity contribution in [2.45, 2.75) is 169 Å². The normalized spacial score (nSPS) is 18.4. The highest BCUT2D eigenvalue weighted by Gasteiger charge is 2.43. The largest absolute Gasteiger partial charge is 0.305 e. The van der Waals surface area contributed by atoms with Gasteiger partial charge in [0.25, 0.3) is 0 Å². The summed E-state index contributed by atoms with van der Waals surface area (Å²) in [6.45, 7) is 53.2. The number of likely N-dealkylation sites (N-methyl/N-ethyl adjacent to an activating group) is 1. The zero-order valence-electron chi connectivity index (χ0n) is 40.0. The van der Waals surface area contributed by atoms with Crippen molar-refractivity contribution in [1.82, 2.24) is 24.5 Å². The number of nitrogens with zero attached hydrogens (tertiary/aromatic N) is 5. The molecule has 0 aromatic rings. The maximum Gasteiger partial charge on any atom is 0.0227 e. The molecule has 0 aromatic heterocycles. The second-order valence-corrected chi connectivity index (χ2v) is 14.1. The minimum Gasteiger partial charge on any atom is -0.305 e. The first-order chi connectivity index (χ1) is 25.8. The van der Waals surface area contributed by atoms with Gasteiger partial charge in [0.15, 0.2) is 0 Å². The van der Waals surface area contributed by atoms with Crippen molar-refractivity contribution in [2.24, 2.45) is 23.2 Å². The molecular formula is C48H101N5. The van der Waals surface area contributed by atoms with Crippen LogP contribution in [0.25, 0.3) is 0 Å². The van der Waals surface area contributed by atoms with Crippen molar-refractivity contribution in [3.8, 4) is 23.7 Å². The Hall–Kier alpha value is -1.08. The zero-order valence-corrected chi connectivity index (χ0v) is 40.0. The van der Waals surface area contributed by atoms with Crippen LogP contribution in [0.1, 0.15) is 169 Å². The van der Waals surface area contributed by atoms with E-state index in [1.807, 2.05) is 76.2 Å². The highest BCUT2D eigenvalue weighted by atomic mass is 15.2. The van der Waals surface area contributed by atoms with Gasteiger partial charge in [-0.3, -0.25) is 0 Å². The molecule has 0 amide bonds. The third kappa shape index (κ3) is 29.8. The van der Waals surface area contributed by atoms with Gasteiger partial charge >= 0.3 is 0 Å². The second kappa shape index (κ2) is 42.1. The molecule has 0 aromatic carbocycles. The summed E-state index contributed by atoms with van der Waals surface area (Å²) in [6, 6.07) is 0. The van der Waals surface area contributed by atoms with Crippen LogP contribution in [0, 0.1) is 46.9 Å². The Balaban J connectivity index is -0.000000304. The third-order valence-corrected chi connectivity index (χ3v) is 9.97. The Bertz CT molecular complexity index is 817. The molecule has 4 heterocycles. The minimum atomic E-state index is 0.531. The highest BCUT2D eigenvalue weighted by molar-refractivity contribution is 5.06. The van der Waals surface area contributed by atoms with Gasteiger partial charge < -0.3 is 24.5 Å². The molecular weight excluding hydrogens is 647 g/mol. The Morgan fingerprint density at radius 3 is 1.38 bits per heavy atom. The maximum absolute atomic E-state index is 3.41. The fourth-order valence-corrected chi connectivity index (χ4v) is 7.00. The summed E-state index contributed by atoms with van der Waals surface area (Å²) >= 11 is 0. The van der Waals surface area contributed by atoms with Crippen molar-refractivity contribution < 1.29 is 0 Å². The molecule has 4 saturated heterocycles. The number of likely N-dealkylation sites (tertiary alicyclic amines) is 4. The average Bonchev–Trinajstić information content (AvgIpc) is 3.21. The van der Waals surface area contributed by atoms with E-state index in [1.165, 1.54) is 143 Å². The van der Waals surface area contributed by atoms with E-state index in [9.17, 15) is 0 Å². The predicted octanol–water partition coefficient (Wildman–Crippen LogP) is 11.4. The van der Waals surface area contributed by atoms with Gasteiger partial charge in [0.1, 0.15) is 0 Å². The molecule has 0 radical (unpaired) electrons. The fourth-order valence-electron chi connectivity index (χ4n) is 7.00. The fraction of sp³-hybridized carbons (Fsp3) is 0.917. The van der Waals surface area contributed by atoms with E-state index >= 15 is 0 Å². The van der Waals surface area contributed by atoms with Gasteiger partial charge in [0.05, 0.1) is 0 Å². The summed E-state index contributed by atoms with van der Waals surface area (Å²) in [5, 5.41) is 0. The second-order valence-electron chi connectivity index (χ2n) is 14.1. The van der Waals surface area contributed by atoms with E-state index < -0.39 is 0 Å². The van der Waals surface area contributed by atoms with Gasteiger partial charge in [-0.15, -0.1) is 17.8 Å². The van der Waals surface area contributed by atoms with E-state index in [4.69, 9.17) is 0 Å². The van der Waals surface area contributed by atoms with Crippen molar-refractivity contribution in [3.05, 3.63) is 0 Å². The predicted molar refractivity (Wildman–Crippen MR) is 245 cm³/mol. The molecule has 318 valence electrons. The van der Waals surface area contributed by atoms with Crippen LogP contribution < -0.4 is 0 Å². The van der Waals surface area contributed by atoms with E-state index in [-0.39, 0.29) is 0 Å². The number of hydrogen-bond donors (Lipinski definition) is 0. The molecule has 0 bridgehead atoms. The average molecular weight is 748 g/mol. The molecule has 1 spiro atoms. The lowest BCUT2D eigenvalue weighted by Gasteiger charge is -2.54. The molecule has 4 fully saturated rings. The smallest absolute Gasteiger partial charge is 0.0227 e. The summed E-state index contributed by atoms with van der Waals surface area (Å²) in [7, 11) is 2.22. The van der Waals surface area contributed by atoms with Gasteiger partial charge in [-0.25, -0.2) is 0 Å². The van der Waals surface area contributed by atoms with Gasteiger partial charge in [0, 0.05) is 43.9 Å². The SMILES string of the molecule is CC.CC.CC.CC.CC.CC#CC1CCN(CCN(C)CCC)CC1.CCCN1CCC(C#CC(C)C)CC1.CCN1CCC2(CC1)CN(CC)C2. The first-order valence-corrected chi connectivity index (χ1v) is 23.3. The van der Waals surface area contributed by atoms with Gasteiger partial charge in [-0.1, -0.05) is 117 Å². The van der Waals surface area contributed by atoms with Crippen LogP contribution in [-0.4, -0.2) is 123 Å². The van der Waals surface area contributed by atoms with Gasteiger partial charge in [-0.05, 0) is 136 Å². The van der Waals surface area contributed by atoms with Crippen LogP contribution in [0.4, 0.5) is 0 Å². The van der Waals surface area contributed by atoms with Crippen LogP contribution in [-0.2, 0) is 0 Å². The van der Waals surface area contributed by atoms with Crippen LogP contribution in [0.15, 0.2) is 0 Å². The molecule has 0 aliphatic carbocycles. The first-order valence-electron chi connectivity index (χ1n) is 23.3. The van der Waals surface area contributed by atoms with Gasteiger partial charge in [0.2, 0.25) is 0 Å². The van der Waals surface area contributed by atoms with Crippen molar-refractivity contribution in [2.75, 3.05) is 98.7 Å². The highest BCUT2D eigenvalue weighted by Crippen LogP contribution is 2.39. The lowest BCUT2D eigenvalue weighted by atomic mass is 9.72. The maximum atomic E-state index is 3.41. The topological polar surface area (TPSA) is 16.2 Å². The Morgan fingerprint density at radius 2 is 1.00 bits per heavy atom. The zero-order chi connectivity index (χ0) is 41.5. The molecule has 53 heavy (non-hydrogen) atoms. The number of piperidine rings is 3. The van der Waals surface area contributed by atoms with E-state index in [0.717, 1.165) is 5.41 Å². The van der Waals surface area contributed by atoms with Crippen LogP contribution in [0.3, 0.4) is 0 Å². The quantitative estimate of drug-likeness (QED) is 0.218. The van der Waals surface area contributed by atoms with Crippen molar-refractivity contribution in [1.29, 1.82) is 0 Å². The van der Waals surface area contributed by atoms with Crippen molar-refractivity contribution in [3.63, 3.8) is 0 Å². The van der Waals surface area contributed by atoms with E-state index in [2.05, 4.69) is 96.8 Å². The lowest BCUT2D eigenvalue weighted by molar-refractivity contribution is -0.0424. The molecule has 0 N–H and O–H groups in total. The summed E-state index contributed by atoms with van der Waals surface area (Å²) in [4.78, 5) is 12.7. The Morgan fingerprint density at radius 1 is 0.566 bits per heavy atom. The monoisotopic (exact) mass is 748 g/mol. The molecule has 0 saturated carbocycles. The standard InChI is InChI=1S/C14H26N2.C13H23N.C11H22N2.5C2H6/c1-4-6-14-7-10-16(11-8-14)13-12-15(3)9-5-2;1-4-9-14-10-7-13(8-11-14)6-5-12(2)3;1-3-12-7-5-11(6-8-12)9-13(4-2)10-11;5*1-2/h14H,5,7-13H2,1-3H3;12-13H,4,7-11H2,1-3H3;3-10H2,1-2H3;5*1-2H3. The van der Waals surface area contributed by atoms with Crippen molar-refractivity contribution >= 4 is 0 Å². The molecule has 0 unspecified atom stereocenters. The van der Waals surface area contributed by atoms with Gasteiger partial charge in [-0.2, -0.15) is 0 Å². The van der Waals surface area contributed by atoms with E-state index in [1.54, 1.807) is 0 Å². The minimum absolute atomic E-state index is 0.531. The van der Waals surface area contributed by atoms with Crippen LogP contribution in [0.2, 0.25) is 0 Å². The number of rotatable bonds is 9. The summed E-state index contributed by atoms with van der Waals surface area (Å²) in [5.74, 6) is 14.9. The third-order valence-electron chi connectivity index (χ3n) is 9.97. The molecule has 5 nitrogen and oxygen atoms in total. The van der Waals surface area contributed by atoms with E-state index in [0.29, 0.717) is 17.8 Å². The molecule has 5 heteroatoms. The lowest BCUT2D eigenvalue weighted by Crippen LogP contribution is -2.59. The van der Waals surface area contributed by atoms with Crippen LogP contribution >= 0.6 is 0 Å². The molecule has 4 rings (SSSR count). The van der Waals surface area contributed by atoms with Crippen LogP contribution in [0.5, 0.6) is 0 Å². The summed E-state index contributed by atoms with van der Waals surface area (Å²) < 4.78 is 0. The summed E-state index contributed by atoms with van der Waals surface area (Å²) in [5.41, 5.74) is 0.738. The molecule has 4 aliphatic rings. The number of hydrogen-bond acceptors (Lipinski definition) is 5.